The summed E-state index contributed by atoms with van der Waals surface area (Å²) in [5.74, 6) is 0.396. The summed E-state index contributed by atoms with van der Waals surface area (Å²) in [6.07, 6.45) is -0.270. The van der Waals surface area contributed by atoms with Crippen LogP contribution in [0.5, 0.6) is 5.75 Å². The first kappa shape index (κ1) is 18.4. The largest absolute Gasteiger partial charge is 0.487 e. The Labute approximate surface area is 151 Å². The molecule has 0 radical (unpaired) electrons. The Morgan fingerprint density at radius 2 is 1.75 bits per heavy atom. The van der Waals surface area contributed by atoms with Crippen molar-refractivity contribution in [2.45, 2.75) is 26.0 Å². The van der Waals surface area contributed by atoms with E-state index in [1.807, 2.05) is 37.3 Å². The molecular formula is C18H19Cl2NO3. The van der Waals surface area contributed by atoms with Gasteiger partial charge in [-0.2, -0.15) is 0 Å². The quantitative estimate of drug-likeness (QED) is 0.742. The molecule has 0 aliphatic carbocycles. The fourth-order valence-corrected chi connectivity index (χ4v) is 2.50. The lowest BCUT2D eigenvalue weighted by atomic mass is 10.2. The molecule has 0 aliphatic rings. The van der Waals surface area contributed by atoms with Gasteiger partial charge >= 0.3 is 6.09 Å². The number of amides is 1. The fourth-order valence-electron chi connectivity index (χ4n) is 2.00. The third kappa shape index (κ3) is 5.62. The SMILES string of the molecule is CCC(COc1c(Cl)cccc1Cl)OC(=O)NCc1ccccc1. The Morgan fingerprint density at radius 1 is 1.08 bits per heavy atom. The number of alkyl carbamates (subject to hydrolysis) is 1. The Kier molecular flexibility index (Phi) is 7.22. The first-order valence-corrected chi connectivity index (χ1v) is 8.41. The Balaban J connectivity index is 1.82. The van der Waals surface area contributed by atoms with E-state index in [-0.39, 0.29) is 6.61 Å². The van der Waals surface area contributed by atoms with E-state index < -0.39 is 12.2 Å². The van der Waals surface area contributed by atoms with Crippen LogP contribution in [0.2, 0.25) is 10.0 Å². The summed E-state index contributed by atoms with van der Waals surface area (Å²) in [7, 11) is 0. The van der Waals surface area contributed by atoms with E-state index in [0.29, 0.717) is 28.8 Å². The van der Waals surface area contributed by atoms with Gasteiger partial charge in [0, 0.05) is 6.54 Å². The zero-order chi connectivity index (χ0) is 17.4. The van der Waals surface area contributed by atoms with Gasteiger partial charge in [-0.25, -0.2) is 4.79 Å². The Morgan fingerprint density at radius 3 is 2.38 bits per heavy atom. The standard InChI is InChI=1S/C18H19Cl2NO3/c1-2-14(12-23-17-15(19)9-6-10-16(17)20)24-18(22)21-11-13-7-4-3-5-8-13/h3-10,14H,2,11-12H2,1H3,(H,21,22). The number of para-hydroxylation sites is 1. The summed E-state index contributed by atoms with van der Waals surface area (Å²) >= 11 is 12.1. The van der Waals surface area contributed by atoms with E-state index >= 15 is 0 Å². The second kappa shape index (κ2) is 9.40. The van der Waals surface area contributed by atoms with Crippen molar-refractivity contribution < 1.29 is 14.3 Å². The molecule has 0 saturated heterocycles. The van der Waals surface area contributed by atoms with Crippen LogP contribution in [0, 0.1) is 0 Å². The molecule has 128 valence electrons. The number of nitrogens with one attached hydrogen (secondary N) is 1. The van der Waals surface area contributed by atoms with Crippen LogP contribution >= 0.6 is 23.2 Å². The van der Waals surface area contributed by atoms with E-state index in [9.17, 15) is 4.79 Å². The maximum Gasteiger partial charge on any atom is 0.407 e. The van der Waals surface area contributed by atoms with E-state index in [1.165, 1.54) is 0 Å². The smallest absolute Gasteiger partial charge is 0.407 e. The summed E-state index contributed by atoms with van der Waals surface area (Å²) in [4.78, 5) is 11.9. The molecule has 1 atom stereocenters. The molecule has 2 aromatic rings. The second-order valence-corrected chi connectivity index (χ2v) is 5.95. The van der Waals surface area contributed by atoms with Crippen molar-refractivity contribution in [2.24, 2.45) is 0 Å². The minimum atomic E-state index is -0.487. The number of ether oxygens (including phenoxy) is 2. The molecule has 4 nitrogen and oxygen atoms in total. The highest BCUT2D eigenvalue weighted by molar-refractivity contribution is 6.37. The van der Waals surface area contributed by atoms with Gasteiger partial charge in [0.2, 0.25) is 0 Å². The predicted octanol–water partition coefficient (Wildman–Crippen LogP) is 5.08. The van der Waals surface area contributed by atoms with Gasteiger partial charge in [0.1, 0.15) is 12.7 Å². The number of carbonyl (C=O) groups is 1. The lowest BCUT2D eigenvalue weighted by Crippen LogP contribution is -2.31. The topological polar surface area (TPSA) is 47.6 Å². The number of benzene rings is 2. The van der Waals surface area contributed by atoms with Crippen molar-refractivity contribution in [3.05, 3.63) is 64.1 Å². The zero-order valence-corrected chi connectivity index (χ0v) is 14.8. The fraction of sp³-hybridized carbons (Fsp3) is 0.278. The van der Waals surface area contributed by atoms with Crippen LogP contribution in [0.1, 0.15) is 18.9 Å². The summed E-state index contributed by atoms with van der Waals surface area (Å²) in [6.45, 7) is 2.50. The Hall–Kier alpha value is -1.91. The van der Waals surface area contributed by atoms with Gasteiger partial charge in [-0.05, 0) is 24.1 Å². The van der Waals surface area contributed by atoms with Crippen molar-refractivity contribution in [1.82, 2.24) is 5.32 Å². The predicted molar refractivity (Wildman–Crippen MR) is 95.8 cm³/mol. The summed E-state index contributed by atoms with van der Waals surface area (Å²) in [5.41, 5.74) is 1.00. The molecule has 1 N–H and O–H groups in total. The summed E-state index contributed by atoms with van der Waals surface area (Å²) < 4.78 is 11.0. The maximum atomic E-state index is 11.9. The molecule has 1 amide bonds. The van der Waals surface area contributed by atoms with Crippen LogP contribution in [-0.4, -0.2) is 18.8 Å². The monoisotopic (exact) mass is 367 g/mol. The molecule has 0 heterocycles. The molecule has 0 aromatic heterocycles. The molecule has 2 rings (SSSR count). The van der Waals surface area contributed by atoms with E-state index in [4.69, 9.17) is 32.7 Å². The van der Waals surface area contributed by atoms with Crippen LogP contribution in [-0.2, 0) is 11.3 Å². The van der Waals surface area contributed by atoms with Gasteiger partial charge in [-0.15, -0.1) is 0 Å². The van der Waals surface area contributed by atoms with Crippen molar-refractivity contribution in [1.29, 1.82) is 0 Å². The van der Waals surface area contributed by atoms with Gasteiger partial charge in [-0.3, -0.25) is 0 Å². The average Bonchev–Trinajstić information content (AvgIpc) is 2.59. The molecule has 0 spiro atoms. The van der Waals surface area contributed by atoms with E-state index in [0.717, 1.165) is 5.56 Å². The van der Waals surface area contributed by atoms with Gasteiger partial charge in [0.15, 0.2) is 5.75 Å². The Bertz CT molecular complexity index is 644. The molecule has 0 aliphatic heterocycles. The van der Waals surface area contributed by atoms with Crippen LogP contribution in [0.3, 0.4) is 0 Å². The van der Waals surface area contributed by atoms with Crippen molar-refractivity contribution in [2.75, 3.05) is 6.61 Å². The van der Waals surface area contributed by atoms with Crippen LogP contribution < -0.4 is 10.1 Å². The highest BCUT2D eigenvalue weighted by Crippen LogP contribution is 2.32. The lowest BCUT2D eigenvalue weighted by Gasteiger charge is -2.18. The normalized spacial score (nSPS) is 11.6. The highest BCUT2D eigenvalue weighted by atomic mass is 35.5. The van der Waals surface area contributed by atoms with Gasteiger partial charge < -0.3 is 14.8 Å². The van der Waals surface area contributed by atoms with E-state index in [1.54, 1.807) is 18.2 Å². The number of hydrogen-bond acceptors (Lipinski definition) is 3. The first-order valence-electron chi connectivity index (χ1n) is 7.65. The molecule has 0 fully saturated rings. The molecular weight excluding hydrogens is 349 g/mol. The molecule has 1 unspecified atom stereocenters. The third-order valence-corrected chi connectivity index (χ3v) is 3.94. The van der Waals surface area contributed by atoms with Crippen LogP contribution in [0.25, 0.3) is 0 Å². The third-order valence-electron chi connectivity index (χ3n) is 3.34. The summed E-state index contributed by atoms with van der Waals surface area (Å²) in [5, 5.41) is 3.56. The number of halogens is 2. The van der Waals surface area contributed by atoms with E-state index in [2.05, 4.69) is 5.32 Å². The second-order valence-electron chi connectivity index (χ2n) is 5.14. The average molecular weight is 368 g/mol. The van der Waals surface area contributed by atoms with Crippen molar-refractivity contribution in [3.63, 3.8) is 0 Å². The van der Waals surface area contributed by atoms with Crippen LogP contribution in [0.15, 0.2) is 48.5 Å². The molecule has 2 aromatic carbocycles. The number of hydrogen-bond donors (Lipinski definition) is 1. The number of rotatable bonds is 7. The molecule has 0 saturated carbocycles. The summed E-state index contributed by atoms with van der Waals surface area (Å²) in [6, 6.07) is 14.7. The van der Waals surface area contributed by atoms with Crippen LogP contribution in [0.4, 0.5) is 4.79 Å². The molecule has 6 heteroatoms. The lowest BCUT2D eigenvalue weighted by molar-refractivity contribution is 0.0627. The molecule has 24 heavy (non-hydrogen) atoms. The van der Waals surface area contributed by atoms with Crippen molar-refractivity contribution >= 4 is 29.3 Å². The van der Waals surface area contributed by atoms with Gasteiger partial charge in [0.05, 0.1) is 10.0 Å². The number of carbonyl (C=O) groups excluding carboxylic acids is 1. The van der Waals surface area contributed by atoms with Crippen molar-refractivity contribution in [3.8, 4) is 5.75 Å². The first-order chi connectivity index (χ1) is 11.6. The van der Waals surface area contributed by atoms with Gasteiger partial charge in [-0.1, -0.05) is 66.5 Å². The molecule has 0 bridgehead atoms. The highest BCUT2D eigenvalue weighted by Gasteiger charge is 2.15. The van der Waals surface area contributed by atoms with Gasteiger partial charge in [0.25, 0.3) is 0 Å². The zero-order valence-electron chi connectivity index (χ0n) is 13.3. The maximum absolute atomic E-state index is 11.9. The minimum Gasteiger partial charge on any atom is -0.487 e. The minimum absolute atomic E-state index is 0.179.